The minimum atomic E-state index is 0.0203. The zero-order valence-electron chi connectivity index (χ0n) is 12.5. The molecule has 5 nitrogen and oxygen atoms in total. The highest BCUT2D eigenvalue weighted by Crippen LogP contribution is 2.12. The summed E-state index contributed by atoms with van der Waals surface area (Å²) in [6, 6.07) is 9.66. The Bertz CT molecular complexity index is 549. The molecule has 0 aliphatic rings. The van der Waals surface area contributed by atoms with Gasteiger partial charge in [-0.15, -0.1) is 0 Å². The number of carbonyl (C=O) groups excluding carboxylic acids is 1. The van der Waals surface area contributed by atoms with E-state index in [-0.39, 0.29) is 11.9 Å². The van der Waals surface area contributed by atoms with Crippen LogP contribution < -0.4 is 10.1 Å². The molecule has 0 bridgehead atoms. The van der Waals surface area contributed by atoms with E-state index in [1.165, 1.54) is 0 Å². The first-order chi connectivity index (χ1) is 10.2. The molecule has 2 aromatic rings. The summed E-state index contributed by atoms with van der Waals surface area (Å²) in [6.45, 7) is 5.11. The summed E-state index contributed by atoms with van der Waals surface area (Å²) in [6.07, 6.45) is 4.00. The van der Waals surface area contributed by atoms with E-state index in [1.54, 1.807) is 10.9 Å². The summed E-state index contributed by atoms with van der Waals surface area (Å²) in [5.41, 5.74) is 1.05. The Labute approximate surface area is 124 Å². The van der Waals surface area contributed by atoms with E-state index in [0.717, 1.165) is 11.3 Å². The van der Waals surface area contributed by atoms with Crippen molar-refractivity contribution in [3.8, 4) is 5.75 Å². The van der Waals surface area contributed by atoms with Crippen molar-refractivity contribution in [3.63, 3.8) is 0 Å². The maximum Gasteiger partial charge on any atom is 0.222 e. The Morgan fingerprint density at radius 3 is 2.76 bits per heavy atom. The Kier molecular flexibility index (Phi) is 5.37. The molecule has 1 aromatic heterocycles. The molecule has 112 valence electrons. The van der Waals surface area contributed by atoms with Gasteiger partial charge in [0.05, 0.1) is 12.6 Å². The van der Waals surface area contributed by atoms with Crippen molar-refractivity contribution in [3.05, 3.63) is 48.3 Å². The minimum Gasteiger partial charge on any atom is -0.494 e. The summed E-state index contributed by atoms with van der Waals surface area (Å²) in [5, 5.41) is 7.06. The molecule has 21 heavy (non-hydrogen) atoms. The zero-order chi connectivity index (χ0) is 15.1. The quantitative estimate of drug-likeness (QED) is 0.851. The molecular formula is C16H21N3O2. The highest BCUT2D eigenvalue weighted by atomic mass is 16.5. The van der Waals surface area contributed by atoms with Gasteiger partial charge in [-0.3, -0.25) is 9.48 Å². The first kappa shape index (κ1) is 15.1. The van der Waals surface area contributed by atoms with Crippen molar-refractivity contribution >= 4 is 5.91 Å². The van der Waals surface area contributed by atoms with Crippen molar-refractivity contribution in [1.29, 1.82) is 0 Å². The molecule has 0 saturated carbocycles. The summed E-state index contributed by atoms with van der Waals surface area (Å²) < 4.78 is 7.17. The van der Waals surface area contributed by atoms with E-state index in [0.29, 0.717) is 19.6 Å². The molecular weight excluding hydrogens is 266 g/mol. The second-order valence-corrected chi connectivity index (χ2v) is 4.89. The van der Waals surface area contributed by atoms with Gasteiger partial charge in [0, 0.05) is 25.4 Å². The Morgan fingerprint density at radius 2 is 2.14 bits per heavy atom. The molecule has 5 heteroatoms. The first-order valence-electron chi connectivity index (χ1n) is 7.16. The molecule has 1 unspecified atom stereocenters. The molecule has 1 amide bonds. The van der Waals surface area contributed by atoms with E-state index in [4.69, 9.17) is 4.74 Å². The van der Waals surface area contributed by atoms with Crippen molar-refractivity contribution in [2.75, 3.05) is 6.61 Å². The van der Waals surface area contributed by atoms with Crippen LogP contribution in [0.3, 0.4) is 0 Å². The molecule has 1 atom stereocenters. The lowest BCUT2D eigenvalue weighted by molar-refractivity contribution is -0.122. The van der Waals surface area contributed by atoms with Gasteiger partial charge >= 0.3 is 0 Å². The molecule has 1 heterocycles. The maximum atomic E-state index is 11.9. The molecule has 0 aliphatic heterocycles. The van der Waals surface area contributed by atoms with Gasteiger partial charge in [-0.1, -0.05) is 12.1 Å². The normalized spacial score (nSPS) is 11.9. The van der Waals surface area contributed by atoms with Gasteiger partial charge in [-0.25, -0.2) is 0 Å². The maximum absolute atomic E-state index is 11.9. The molecule has 0 spiro atoms. The monoisotopic (exact) mass is 287 g/mol. The number of hydrogen-bond donors (Lipinski definition) is 1. The average Bonchev–Trinajstić information content (AvgIpc) is 3.01. The third-order valence-corrected chi connectivity index (χ3v) is 3.18. The fraction of sp³-hybridized carbons (Fsp3) is 0.375. The topological polar surface area (TPSA) is 56.1 Å². The van der Waals surface area contributed by atoms with Crippen molar-refractivity contribution in [1.82, 2.24) is 15.1 Å². The number of hydrogen-bond acceptors (Lipinski definition) is 3. The van der Waals surface area contributed by atoms with Gasteiger partial charge in [0.25, 0.3) is 0 Å². The van der Waals surface area contributed by atoms with Gasteiger partial charge in [0.15, 0.2) is 0 Å². The molecule has 0 saturated heterocycles. The average molecular weight is 287 g/mol. The van der Waals surface area contributed by atoms with Crippen LogP contribution in [0.15, 0.2) is 42.7 Å². The largest absolute Gasteiger partial charge is 0.494 e. The van der Waals surface area contributed by atoms with E-state index < -0.39 is 0 Å². The molecule has 0 radical (unpaired) electrons. The molecule has 2 rings (SSSR count). The number of rotatable bonds is 7. The standard InChI is InChI=1S/C16H21N3O2/c1-3-21-15-7-5-14(6-8-15)12-17-16(20)11-13(2)19-10-4-9-18-19/h4-10,13H,3,11-12H2,1-2H3,(H,17,20). The SMILES string of the molecule is CCOc1ccc(CNC(=O)CC(C)n2cccn2)cc1. The van der Waals surface area contributed by atoms with E-state index in [1.807, 2.05) is 50.4 Å². The van der Waals surface area contributed by atoms with Gasteiger partial charge in [-0.05, 0) is 37.6 Å². The minimum absolute atomic E-state index is 0.0203. The van der Waals surface area contributed by atoms with Gasteiger partial charge in [0.2, 0.25) is 5.91 Å². The number of amides is 1. The molecule has 0 aliphatic carbocycles. The van der Waals surface area contributed by atoms with Crippen LogP contribution in [0.25, 0.3) is 0 Å². The van der Waals surface area contributed by atoms with Crippen LogP contribution in [0, 0.1) is 0 Å². The first-order valence-corrected chi connectivity index (χ1v) is 7.16. The zero-order valence-corrected chi connectivity index (χ0v) is 12.5. The lowest BCUT2D eigenvalue weighted by atomic mass is 10.2. The third-order valence-electron chi connectivity index (χ3n) is 3.18. The molecule has 1 aromatic carbocycles. The number of nitrogens with zero attached hydrogens (tertiary/aromatic N) is 2. The summed E-state index contributed by atoms with van der Waals surface area (Å²) in [5.74, 6) is 0.867. The Hall–Kier alpha value is -2.30. The van der Waals surface area contributed by atoms with Crippen LogP contribution >= 0.6 is 0 Å². The highest BCUT2D eigenvalue weighted by Gasteiger charge is 2.10. The highest BCUT2D eigenvalue weighted by molar-refractivity contribution is 5.76. The van der Waals surface area contributed by atoms with E-state index in [2.05, 4.69) is 10.4 Å². The van der Waals surface area contributed by atoms with Crippen LogP contribution in [0.4, 0.5) is 0 Å². The smallest absolute Gasteiger partial charge is 0.222 e. The Balaban J connectivity index is 1.78. The van der Waals surface area contributed by atoms with Crippen molar-refractivity contribution in [2.45, 2.75) is 32.9 Å². The van der Waals surface area contributed by atoms with Crippen LogP contribution in [0.5, 0.6) is 5.75 Å². The van der Waals surface area contributed by atoms with Crippen LogP contribution in [-0.4, -0.2) is 22.3 Å². The fourth-order valence-corrected chi connectivity index (χ4v) is 2.05. The predicted molar refractivity (Wildman–Crippen MR) is 81.0 cm³/mol. The van der Waals surface area contributed by atoms with Gasteiger partial charge in [-0.2, -0.15) is 5.10 Å². The summed E-state index contributed by atoms with van der Waals surface area (Å²) >= 11 is 0. The Morgan fingerprint density at radius 1 is 1.38 bits per heavy atom. The van der Waals surface area contributed by atoms with Gasteiger partial charge < -0.3 is 10.1 Å². The van der Waals surface area contributed by atoms with Crippen LogP contribution in [0.1, 0.15) is 31.9 Å². The van der Waals surface area contributed by atoms with E-state index >= 15 is 0 Å². The number of nitrogens with one attached hydrogen (secondary N) is 1. The fourth-order valence-electron chi connectivity index (χ4n) is 2.05. The summed E-state index contributed by atoms with van der Waals surface area (Å²) in [7, 11) is 0. The second-order valence-electron chi connectivity index (χ2n) is 4.89. The van der Waals surface area contributed by atoms with Crippen LogP contribution in [-0.2, 0) is 11.3 Å². The predicted octanol–water partition coefficient (Wildman–Crippen LogP) is 2.55. The number of benzene rings is 1. The number of carbonyl (C=O) groups is 1. The lowest BCUT2D eigenvalue weighted by Crippen LogP contribution is -2.25. The lowest BCUT2D eigenvalue weighted by Gasteiger charge is -2.12. The summed E-state index contributed by atoms with van der Waals surface area (Å²) in [4.78, 5) is 11.9. The van der Waals surface area contributed by atoms with Crippen molar-refractivity contribution < 1.29 is 9.53 Å². The van der Waals surface area contributed by atoms with Gasteiger partial charge in [0.1, 0.15) is 5.75 Å². The van der Waals surface area contributed by atoms with Crippen LogP contribution in [0.2, 0.25) is 0 Å². The van der Waals surface area contributed by atoms with E-state index in [9.17, 15) is 4.79 Å². The number of aromatic nitrogens is 2. The second kappa shape index (κ2) is 7.47. The number of ether oxygens (including phenoxy) is 1. The molecule has 1 N–H and O–H groups in total. The molecule has 0 fully saturated rings. The van der Waals surface area contributed by atoms with Crippen molar-refractivity contribution in [2.24, 2.45) is 0 Å². The third kappa shape index (κ3) is 4.63.